The number of aromatic amines is 1. The number of para-hydroxylation sites is 1. The monoisotopic (exact) mass is 485 g/mol. The molecule has 4 rings (SSSR count). The predicted octanol–water partition coefficient (Wildman–Crippen LogP) is 2.72. The number of aromatic nitrogens is 1. The Bertz CT molecular complexity index is 1400. The zero-order chi connectivity index (χ0) is 24.5. The first kappa shape index (κ1) is 23.8. The van der Waals surface area contributed by atoms with Gasteiger partial charge < -0.3 is 19.7 Å². The smallest absolute Gasteiger partial charge is 0.303 e. The second-order valence-electron chi connectivity index (χ2n) is 8.40. The number of hydrogen-bond donors (Lipinski definition) is 2. The molecule has 2 aromatic carbocycles. The average molecular weight is 486 g/mol. The zero-order valence-corrected chi connectivity index (χ0v) is 19.9. The van der Waals surface area contributed by atoms with Gasteiger partial charge in [0.25, 0.3) is 5.56 Å². The number of carboxylic acid groups (broad SMARTS) is 1. The lowest BCUT2D eigenvalue weighted by molar-refractivity contribution is -0.137. The second-order valence-corrected chi connectivity index (χ2v) is 10.3. The minimum atomic E-state index is -4.04. The fourth-order valence-electron chi connectivity index (χ4n) is 4.07. The number of anilines is 1. The van der Waals surface area contributed by atoms with Crippen LogP contribution in [-0.2, 0) is 21.4 Å². The molecule has 0 saturated carbocycles. The molecule has 180 valence electrons. The zero-order valence-electron chi connectivity index (χ0n) is 19.1. The minimum absolute atomic E-state index is 0.0323. The fraction of sp³-hybridized carbons (Fsp3) is 0.333. The van der Waals surface area contributed by atoms with Crippen LogP contribution >= 0.6 is 0 Å². The van der Waals surface area contributed by atoms with Gasteiger partial charge in [0.2, 0.25) is 10.0 Å². The summed E-state index contributed by atoms with van der Waals surface area (Å²) in [5.41, 5.74) is 2.31. The third kappa shape index (κ3) is 4.78. The molecule has 0 radical (unpaired) electrons. The van der Waals surface area contributed by atoms with Gasteiger partial charge in [-0.25, -0.2) is 8.42 Å². The molecule has 9 nitrogen and oxygen atoms in total. The molecular formula is C24H27N3O6S. The first-order valence-electron chi connectivity index (χ1n) is 11.0. The van der Waals surface area contributed by atoms with Gasteiger partial charge in [-0.3, -0.25) is 9.59 Å². The van der Waals surface area contributed by atoms with E-state index in [1.54, 1.807) is 12.1 Å². The number of aryl methyl sites for hydroxylation is 1. The maximum atomic E-state index is 13.6. The molecule has 34 heavy (non-hydrogen) atoms. The van der Waals surface area contributed by atoms with E-state index in [1.165, 1.54) is 12.1 Å². The Morgan fingerprint density at radius 1 is 1.24 bits per heavy atom. The topological polar surface area (TPSA) is 120 Å². The number of carbonyl (C=O) groups is 1. The third-order valence-corrected chi connectivity index (χ3v) is 7.82. The minimum Gasteiger partial charge on any atom is -0.490 e. The second kappa shape index (κ2) is 9.47. The van der Waals surface area contributed by atoms with Crippen LogP contribution < -0.4 is 15.2 Å². The van der Waals surface area contributed by atoms with Crippen LogP contribution in [0.5, 0.6) is 5.75 Å². The molecule has 0 spiro atoms. The van der Waals surface area contributed by atoms with E-state index in [0.29, 0.717) is 24.4 Å². The number of carboxylic acids is 1. The van der Waals surface area contributed by atoms with Gasteiger partial charge in [0, 0.05) is 38.2 Å². The number of rotatable bonds is 8. The van der Waals surface area contributed by atoms with E-state index >= 15 is 0 Å². The Morgan fingerprint density at radius 2 is 2.03 bits per heavy atom. The van der Waals surface area contributed by atoms with Crippen molar-refractivity contribution in [2.75, 3.05) is 31.6 Å². The molecule has 0 bridgehead atoms. The van der Waals surface area contributed by atoms with Crippen LogP contribution in [0.25, 0.3) is 10.9 Å². The van der Waals surface area contributed by atoms with Crippen molar-refractivity contribution in [2.45, 2.75) is 31.2 Å². The van der Waals surface area contributed by atoms with Crippen molar-refractivity contribution in [1.82, 2.24) is 9.29 Å². The van der Waals surface area contributed by atoms with E-state index in [-0.39, 0.29) is 41.9 Å². The van der Waals surface area contributed by atoms with Gasteiger partial charge >= 0.3 is 5.97 Å². The first-order chi connectivity index (χ1) is 16.2. The molecule has 2 heterocycles. The number of sulfonamides is 1. The summed E-state index contributed by atoms with van der Waals surface area (Å²) >= 11 is 0. The molecule has 3 aromatic rings. The number of nitrogens with one attached hydrogen (secondary N) is 1. The van der Waals surface area contributed by atoms with Crippen molar-refractivity contribution in [1.29, 1.82) is 0 Å². The highest BCUT2D eigenvalue weighted by Crippen LogP contribution is 2.34. The number of pyridine rings is 1. The number of aliphatic carboxylic acids is 1. The molecule has 1 aliphatic heterocycles. The Labute approximate surface area is 197 Å². The molecule has 2 N–H and O–H groups in total. The Hall–Kier alpha value is -3.37. The van der Waals surface area contributed by atoms with E-state index in [0.717, 1.165) is 20.9 Å². The standard InChI is InChI=1S/C24H27N3O6S/c1-16-5-3-6-17-13-18(24(30)25-23(16)17)15-27(10-4-7-22(28)29)34(31,32)19-8-9-20-21(14-19)33-12-11-26(20)2/h3,5-6,8-9,13-14H,4,7,10-12,15H2,1-2H3,(H,25,30)(H,28,29). The fourth-order valence-corrected chi connectivity index (χ4v) is 5.55. The number of hydrogen-bond acceptors (Lipinski definition) is 6. The maximum absolute atomic E-state index is 13.6. The molecule has 1 aliphatic rings. The van der Waals surface area contributed by atoms with Crippen molar-refractivity contribution in [2.24, 2.45) is 0 Å². The normalized spacial score (nSPS) is 13.7. The first-order valence-corrected chi connectivity index (χ1v) is 12.4. The van der Waals surface area contributed by atoms with Crippen molar-refractivity contribution in [3.63, 3.8) is 0 Å². The lowest BCUT2D eigenvalue weighted by Gasteiger charge is -2.28. The highest BCUT2D eigenvalue weighted by Gasteiger charge is 2.28. The van der Waals surface area contributed by atoms with Crippen molar-refractivity contribution >= 4 is 32.6 Å². The summed E-state index contributed by atoms with van der Waals surface area (Å²) in [5, 5.41) is 9.83. The van der Waals surface area contributed by atoms with E-state index in [2.05, 4.69) is 4.98 Å². The van der Waals surface area contributed by atoms with E-state index in [9.17, 15) is 18.0 Å². The van der Waals surface area contributed by atoms with Gasteiger partial charge in [0.05, 0.1) is 22.6 Å². The van der Waals surface area contributed by atoms with Gasteiger partial charge in [-0.05, 0) is 42.5 Å². The Balaban J connectivity index is 1.71. The van der Waals surface area contributed by atoms with Crippen LogP contribution in [0.4, 0.5) is 5.69 Å². The lowest BCUT2D eigenvalue weighted by atomic mass is 10.1. The van der Waals surface area contributed by atoms with E-state index in [4.69, 9.17) is 9.84 Å². The van der Waals surface area contributed by atoms with Crippen LogP contribution in [0.3, 0.4) is 0 Å². The third-order valence-electron chi connectivity index (χ3n) is 5.97. The number of nitrogens with zero attached hydrogens (tertiary/aromatic N) is 2. The molecule has 10 heteroatoms. The van der Waals surface area contributed by atoms with Crippen LogP contribution in [0.15, 0.2) is 52.2 Å². The van der Waals surface area contributed by atoms with E-state index < -0.39 is 16.0 Å². The van der Waals surface area contributed by atoms with Crippen molar-refractivity contribution < 1.29 is 23.1 Å². The Kier molecular flexibility index (Phi) is 6.63. The van der Waals surface area contributed by atoms with Crippen LogP contribution in [0.2, 0.25) is 0 Å². The quantitative estimate of drug-likeness (QED) is 0.503. The number of likely N-dealkylation sites (N-methyl/N-ethyl adjacent to an activating group) is 1. The molecule has 1 aromatic heterocycles. The summed E-state index contributed by atoms with van der Waals surface area (Å²) in [6.45, 7) is 2.80. The number of H-pyrrole nitrogens is 1. The van der Waals surface area contributed by atoms with Crippen LogP contribution in [0.1, 0.15) is 24.0 Å². The van der Waals surface area contributed by atoms with E-state index in [1.807, 2.05) is 37.1 Å². The van der Waals surface area contributed by atoms with Gasteiger partial charge in [-0.2, -0.15) is 4.31 Å². The SMILES string of the molecule is Cc1cccc2cc(CN(CCCC(=O)O)S(=O)(=O)c3ccc4c(c3)OCCN4C)c(=O)[nH]c12. The number of fused-ring (bicyclic) bond motifs is 2. The van der Waals surface area contributed by atoms with Crippen LogP contribution in [0, 0.1) is 6.92 Å². The molecule has 0 atom stereocenters. The summed E-state index contributed by atoms with van der Waals surface area (Å²) in [4.78, 5) is 28.7. The predicted molar refractivity (Wildman–Crippen MR) is 129 cm³/mol. The molecule has 0 unspecified atom stereocenters. The lowest BCUT2D eigenvalue weighted by Crippen LogP contribution is -2.34. The molecule has 0 aliphatic carbocycles. The number of benzene rings is 2. The van der Waals surface area contributed by atoms with Gasteiger partial charge in [0.1, 0.15) is 12.4 Å². The average Bonchev–Trinajstić information content (AvgIpc) is 2.79. The number of ether oxygens (including phenoxy) is 1. The molecule has 0 saturated heterocycles. The van der Waals surface area contributed by atoms with Gasteiger partial charge in [-0.1, -0.05) is 18.2 Å². The molecular weight excluding hydrogens is 458 g/mol. The van der Waals surface area contributed by atoms with Gasteiger partial charge in [0.15, 0.2) is 0 Å². The van der Waals surface area contributed by atoms with Crippen molar-refractivity contribution in [3.05, 3.63) is 63.9 Å². The summed E-state index contributed by atoms with van der Waals surface area (Å²) in [6.07, 6.45) is -0.0687. The molecule has 0 fully saturated rings. The summed E-state index contributed by atoms with van der Waals surface area (Å²) in [7, 11) is -2.13. The highest BCUT2D eigenvalue weighted by atomic mass is 32.2. The van der Waals surface area contributed by atoms with Gasteiger partial charge in [-0.15, -0.1) is 0 Å². The largest absolute Gasteiger partial charge is 0.490 e. The summed E-state index contributed by atoms with van der Waals surface area (Å²) < 4.78 is 34.0. The van der Waals surface area contributed by atoms with Crippen molar-refractivity contribution in [3.8, 4) is 5.75 Å². The summed E-state index contributed by atoms with van der Waals surface area (Å²) in [6, 6.07) is 12.0. The van der Waals surface area contributed by atoms with Crippen LogP contribution in [-0.4, -0.2) is 55.5 Å². The summed E-state index contributed by atoms with van der Waals surface area (Å²) in [5.74, 6) is -0.541. The highest BCUT2D eigenvalue weighted by molar-refractivity contribution is 7.89. The molecule has 0 amide bonds. The Morgan fingerprint density at radius 3 is 2.79 bits per heavy atom. The maximum Gasteiger partial charge on any atom is 0.303 e.